The SMILES string of the molecule is Cc1nc(N)cc(-c2nc3c4c(nc(OCC5(CN(C)C)CC5(F)F)nc4c2F)NCC2C=C(C[C@H](C(F)(F)F)O3)N2)c1C(F)(F)F. The quantitative estimate of drug-likeness (QED) is 0.304. The highest BCUT2D eigenvalue weighted by atomic mass is 19.4. The lowest BCUT2D eigenvalue weighted by molar-refractivity contribution is -0.195. The van der Waals surface area contributed by atoms with Crippen molar-refractivity contribution in [3.05, 3.63) is 34.9 Å². The molecule has 1 saturated carbocycles. The normalized spacial score (nSPS) is 23.6. The van der Waals surface area contributed by atoms with Crippen molar-refractivity contribution in [3.63, 3.8) is 0 Å². The number of aryl methyl sites for hydroxylation is 1. The highest BCUT2D eigenvalue weighted by Gasteiger charge is 2.71. The fraction of sp³-hybridized carbons (Fsp3) is 0.500. The van der Waals surface area contributed by atoms with Crippen LogP contribution in [0.3, 0.4) is 0 Å². The van der Waals surface area contributed by atoms with Crippen molar-refractivity contribution >= 4 is 22.5 Å². The molecule has 47 heavy (non-hydrogen) atoms. The third kappa shape index (κ3) is 6.00. The molecule has 4 N–H and O–H groups in total. The number of nitrogens with one attached hydrogen (secondary N) is 2. The van der Waals surface area contributed by atoms with Gasteiger partial charge in [-0.05, 0) is 33.2 Å². The molecule has 254 valence electrons. The van der Waals surface area contributed by atoms with Crippen LogP contribution in [0.4, 0.5) is 51.1 Å². The van der Waals surface area contributed by atoms with Gasteiger partial charge in [-0.3, -0.25) is 0 Å². The van der Waals surface area contributed by atoms with Crippen molar-refractivity contribution in [1.82, 2.24) is 30.2 Å². The largest absolute Gasteiger partial charge is 0.464 e. The van der Waals surface area contributed by atoms with Crippen LogP contribution in [0.1, 0.15) is 24.1 Å². The van der Waals surface area contributed by atoms with Gasteiger partial charge in [-0.2, -0.15) is 36.3 Å². The summed E-state index contributed by atoms with van der Waals surface area (Å²) < 4.78 is 142. The van der Waals surface area contributed by atoms with Gasteiger partial charge in [0.15, 0.2) is 5.82 Å². The van der Waals surface area contributed by atoms with Crippen molar-refractivity contribution in [3.8, 4) is 23.1 Å². The van der Waals surface area contributed by atoms with Crippen LogP contribution in [0, 0.1) is 18.2 Å². The molecule has 10 nitrogen and oxygen atoms in total. The summed E-state index contributed by atoms with van der Waals surface area (Å²) in [6.45, 7) is 0.240. The smallest absolute Gasteiger partial charge is 0.425 e. The van der Waals surface area contributed by atoms with Crippen molar-refractivity contribution in [2.24, 2.45) is 5.41 Å². The van der Waals surface area contributed by atoms with E-state index in [-0.39, 0.29) is 24.6 Å². The molecule has 0 radical (unpaired) electrons. The summed E-state index contributed by atoms with van der Waals surface area (Å²) in [6, 6.07) is -0.477. The Bertz CT molecular complexity index is 1780. The second-order valence-corrected chi connectivity index (χ2v) is 12.1. The van der Waals surface area contributed by atoms with E-state index in [2.05, 4.69) is 30.6 Å². The molecule has 0 amide bonds. The Labute approximate surface area is 260 Å². The van der Waals surface area contributed by atoms with E-state index in [1.807, 2.05) is 0 Å². The number of nitrogens with two attached hydrogens (primary N) is 1. The maximum Gasteiger partial charge on any atom is 0.425 e. The second-order valence-electron chi connectivity index (χ2n) is 12.1. The molecule has 7 rings (SSSR count). The zero-order valence-electron chi connectivity index (χ0n) is 24.9. The van der Waals surface area contributed by atoms with Gasteiger partial charge < -0.3 is 30.7 Å². The van der Waals surface area contributed by atoms with E-state index in [1.54, 1.807) is 14.1 Å². The fourth-order valence-corrected chi connectivity index (χ4v) is 5.86. The lowest BCUT2D eigenvalue weighted by atomic mass is 10.0. The molecule has 3 aromatic heterocycles. The van der Waals surface area contributed by atoms with Gasteiger partial charge in [-0.15, -0.1) is 0 Å². The maximum absolute atomic E-state index is 16.5. The minimum Gasteiger partial charge on any atom is -0.464 e. The summed E-state index contributed by atoms with van der Waals surface area (Å²) in [4.78, 5) is 17.1. The van der Waals surface area contributed by atoms with E-state index in [0.29, 0.717) is 6.07 Å². The van der Waals surface area contributed by atoms with Gasteiger partial charge in [0, 0.05) is 37.2 Å². The standard InChI is InChI=1S/C28H27F9N8O2/c1-11-18(28(35,36)37)14(6-16(38)40-11)20-19(29)21-17-22(44-24(43-21)46-10-25(9-45(2)3)8-26(25,30)31)39-7-13-4-12(41-13)5-15(27(32,33)34)47-23(17)42-20/h4,6,13,15,41H,5,7-10H2,1-3H3,(H2,38,40)(H,39,43,44)/t13?,15-,25?/m1/s1. The molecular formula is C28H27F9N8O2. The van der Waals surface area contributed by atoms with Gasteiger partial charge in [0.05, 0.1) is 22.7 Å². The molecule has 6 heterocycles. The maximum atomic E-state index is 16.5. The average molecular weight is 679 g/mol. The Kier molecular flexibility index (Phi) is 7.56. The summed E-state index contributed by atoms with van der Waals surface area (Å²) in [5, 5.41) is 5.13. The highest BCUT2D eigenvalue weighted by Crippen LogP contribution is 2.60. The van der Waals surface area contributed by atoms with Gasteiger partial charge >= 0.3 is 18.4 Å². The topological polar surface area (TPSA) is 123 Å². The van der Waals surface area contributed by atoms with E-state index in [9.17, 15) is 35.1 Å². The first-order valence-electron chi connectivity index (χ1n) is 14.1. The van der Waals surface area contributed by atoms with Crippen LogP contribution in [-0.2, 0) is 6.18 Å². The average Bonchev–Trinajstić information content (AvgIpc) is 3.46. The fourth-order valence-electron chi connectivity index (χ4n) is 5.86. The van der Waals surface area contributed by atoms with Crippen molar-refractivity contribution in [1.29, 1.82) is 0 Å². The first-order chi connectivity index (χ1) is 21.8. The monoisotopic (exact) mass is 678 g/mol. The van der Waals surface area contributed by atoms with E-state index in [1.165, 1.54) is 11.0 Å². The number of nitrogens with zero attached hydrogens (tertiary/aromatic N) is 5. The Hall–Kier alpha value is -4.29. The van der Waals surface area contributed by atoms with Crippen molar-refractivity contribution in [2.45, 2.75) is 50.2 Å². The number of fused-ring (bicyclic) bond motifs is 3. The summed E-state index contributed by atoms with van der Waals surface area (Å²) in [5.74, 6) is -6.37. The Morgan fingerprint density at radius 2 is 1.79 bits per heavy atom. The molecule has 3 atom stereocenters. The zero-order valence-corrected chi connectivity index (χ0v) is 24.9. The molecule has 0 saturated heterocycles. The zero-order chi connectivity index (χ0) is 34.3. The lowest BCUT2D eigenvalue weighted by Crippen LogP contribution is -2.45. The van der Waals surface area contributed by atoms with E-state index in [4.69, 9.17) is 15.2 Å². The number of hydrogen-bond donors (Lipinski definition) is 3. The molecule has 1 fully saturated rings. The predicted octanol–water partition coefficient (Wildman–Crippen LogP) is 5.08. The van der Waals surface area contributed by atoms with E-state index in [0.717, 1.165) is 6.92 Å². The van der Waals surface area contributed by atoms with Crippen LogP contribution in [0.15, 0.2) is 17.8 Å². The molecule has 3 aromatic rings. The minimum absolute atomic E-state index is 0.00447. The number of nitrogen functional groups attached to an aromatic ring is 1. The summed E-state index contributed by atoms with van der Waals surface area (Å²) >= 11 is 0. The number of ether oxygens (including phenoxy) is 2. The number of pyridine rings is 2. The van der Waals surface area contributed by atoms with Gasteiger partial charge in [-0.1, -0.05) is 0 Å². The minimum atomic E-state index is -5.13. The van der Waals surface area contributed by atoms with Crippen LogP contribution in [-0.4, -0.2) is 82.9 Å². The molecule has 1 aliphatic carbocycles. The number of anilines is 2. The van der Waals surface area contributed by atoms with Crippen molar-refractivity contribution in [2.75, 3.05) is 44.8 Å². The van der Waals surface area contributed by atoms with Crippen LogP contribution >= 0.6 is 0 Å². The number of alkyl halides is 8. The summed E-state index contributed by atoms with van der Waals surface area (Å²) in [6.07, 6.45) is -12.5. The molecule has 19 heteroatoms. The number of halogens is 9. The Morgan fingerprint density at radius 1 is 1.11 bits per heavy atom. The lowest BCUT2D eigenvalue weighted by Gasteiger charge is -2.31. The van der Waals surface area contributed by atoms with Crippen LogP contribution in [0.5, 0.6) is 11.9 Å². The number of aromatic nitrogens is 4. The van der Waals surface area contributed by atoms with E-state index >= 15 is 4.39 Å². The molecular weight excluding hydrogens is 651 g/mol. The molecule has 2 unspecified atom stereocenters. The summed E-state index contributed by atoms with van der Waals surface area (Å²) in [7, 11) is 3.15. The predicted molar refractivity (Wildman–Crippen MR) is 149 cm³/mol. The van der Waals surface area contributed by atoms with Gasteiger partial charge in [0.1, 0.15) is 34.8 Å². The van der Waals surface area contributed by atoms with Gasteiger partial charge in [0.25, 0.3) is 5.92 Å². The van der Waals surface area contributed by atoms with Crippen LogP contribution in [0.25, 0.3) is 22.2 Å². The molecule has 0 aromatic carbocycles. The Morgan fingerprint density at radius 3 is 2.38 bits per heavy atom. The van der Waals surface area contributed by atoms with Gasteiger partial charge in [-0.25, -0.2) is 23.1 Å². The summed E-state index contributed by atoms with van der Waals surface area (Å²) in [5.41, 5.74) is -0.733. The van der Waals surface area contributed by atoms with Gasteiger partial charge in [0.2, 0.25) is 12.0 Å². The third-order valence-corrected chi connectivity index (χ3v) is 8.08. The number of hydrogen-bond acceptors (Lipinski definition) is 10. The Balaban J connectivity index is 1.58. The third-order valence-electron chi connectivity index (χ3n) is 8.08. The molecule has 0 spiro atoms. The molecule has 2 bridgehead atoms. The molecule has 3 aliphatic heterocycles. The molecule has 4 aliphatic rings. The first-order valence-corrected chi connectivity index (χ1v) is 14.1. The first kappa shape index (κ1) is 32.6. The second kappa shape index (κ2) is 10.9. The van der Waals surface area contributed by atoms with Crippen LogP contribution < -0.4 is 25.8 Å². The van der Waals surface area contributed by atoms with E-state index < -0.39 is 112 Å². The van der Waals surface area contributed by atoms with Crippen molar-refractivity contribution < 1.29 is 49.0 Å². The van der Waals surface area contributed by atoms with Crippen LogP contribution in [0.2, 0.25) is 0 Å². The highest BCUT2D eigenvalue weighted by molar-refractivity contribution is 5.96. The number of rotatable bonds is 6.